The van der Waals surface area contributed by atoms with Crippen LogP contribution in [0.25, 0.3) is 5.57 Å². The number of anilines is 2. The Bertz CT molecular complexity index is 743. The minimum Gasteiger partial charge on any atom is -0.495 e. The molecule has 1 aliphatic rings. The van der Waals surface area contributed by atoms with E-state index < -0.39 is 0 Å². The molecule has 1 aromatic heterocycles. The first-order valence-electron chi connectivity index (χ1n) is 6.26. The van der Waals surface area contributed by atoms with E-state index >= 15 is 0 Å². The number of para-hydroxylation sites is 2. The van der Waals surface area contributed by atoms with Crippen LogP contribution in [0.1, 0.15) is 5.56 Å². The van der Waals surface area contributed by atoms with E-state index in [1.54, 1.807) is 19.5 Å². The molecule has 0 unspecified atom stereocenters. The van der Waals surface area contributed by atoms with Gasteiger partial charge in [0.2, 0.25) is 0 Å². The average Bonchev–Trinajstić information content (AvgIpc) is 2.80. The smallest absolute Gasteiger partial charge is 0.259 e. The highest BCUT2D eigenvalue weighted by Crippen LogP contribution is 2.32. The Morgan fingerprint density at radius 3 is 3.00 bits per heavy atom. The van der Waals surface area contributed by atoms with E-state index in [0.29, 0.717) is 17.1 Å². The lowest BCUT2D eigenvalue weighted by Crippen LogP contribution is -2.05. The number of pyridine rings is 1. The lowest BCUT2D eigenvalue weighted by molar-refractivity contribution is -0.110. The highest BCUT2D eigenvalue weighted by atomic mass is 79.9. The number of amides is 1. The topological polar surface area (TPSA) is 63.2 Å². The SMILES string of the molecule is COc1ccccc1NC=C1C(=O)Nc2ncc(Br)cc21. The Morgan fingerprint density at radius 1 is 1.38 bits per heavy atom. The van der Waals surface area contributed by atoms with Gasteiger partial charge in [-0.1, -0.05) is 12.1 Å². The number of ether oxygens (including phenoxy) is 1. The molecule has 0 radical (unpaired) electrons. The molecule has 0 spiro atoms. The normalized spacial score (nSPS) is 14.8. The summed E-state index contributed by atoms with van der Waals surface area (Å²) in [4.78, 5) is 16.2. The molecular weight excluding hydrogens is 334 g/mol. The number of carbonyl (C=O) groups is 1. The molecule has 0 saturated heterocycles. The molecule has 2 N–H and O–H groups in total. The van der Waals surface area contributed by atoms with E-state index in [2.05, 4.69) is 31.5 Å². The van der Waals surface area contributed by atoms with Crippen LogP contribution in [0.3, 0.4) is 0 Å². The number of hydrogen-bond donors (Lipinski definition) is 2. The first kappa shape index (κ1) is 13.6. The second kappa shape index (κ2) is 5.57. The molecular formula is C15H12BrN3O2. The third kappa shape index (κ3) is 2.62. The van der Waals surface area contributed by atoms with Crippen molar-refractivity contribution in [3.63, 3.8) is 0 Å². The molecule has 0 fully saturated rings. The molecule has 3 rings (SSSR count). The van der Waals surface area contributed by atoms with Crippen LogP contribution in [0.15, 0.2) is 47.2 Å². The van der Waals surface area contributed by atoms with Crippen molar-refractivity contribution in [2.45, 2.75) is 0 Å². The molecule has 0 bridgehead atoms. The second-order valence-electron chi connectivity index (χ2n) is 4.41. The van der Waals surface area contributed by atoms with Gasteiger partial charge in [0, 0.05) is 22.4 Å². The number of aromatic nitrogens is 1. The standard InChI is InChI=1S/C15H12BrN3O2/c1-21-13-5-3-2-4-12(13)17-8-11-10-6-9(16)7-18-14(10)19-15(11)20/h2-8,17H,1H3,(H,18,19,20). The van der Waals surface area contributed by atoms with Gasteiger partial charge in [-0.05, 0) is 34.1 Å². The summed E-state index contributed by atoms with van der Waals surface area (Å²) in [6, 6.07) is 9.36. The summed E-state index contributed by atoms with van der Waals surface area (Å²) < 4.78 is 6.08. The first-order valence-corrected chi connectivity index (χ1v) is 7.05. The molecule has 21 heavy (non-hydrogen) atoms. The van der Waals surface area contributed by atoms with E-state index in [1.807, 2.05) is 30.3 Å². The molecule has 1 aromatic carbocycles. The fourth-order valence-corrected chi connectivity index (χ4v) is 2.43. The van der Waals surface area contributed by atoms with Gasteiger partial charge in [-0.15, -0.1) is 0 Å². The molecule has 1 amide bonds. The molecule has 5 nitrogen and oxygen atoms in total. The Kier molecular flexibility index (Phi) is 3.62. The summed E-state index contributed by atoms with van der Waals surface area (Å²) >= 11 is 3.36. The summed E-state index contributed by atoms with van der Waals surface area (Å²) in [5.41, 5.74) is 2.08. The maximum absolute atomic E-state index is 12.0. The molecule has 0 saturated carbocycles. The summed E-state index contributed by atoms with van der Waals surface area (Å²) in [6.07, 6.45) is 3.31. The van der Waals surface area contributed by atoms with E-state index in [9.17, 15) is 4.79 Å². The van der Waals surface area contributed by atoms with Crippen LogP contribution in [-0.2, 0) is 4.79 Å². The van der Waals surface area contributed by atoms with Crippen LogP contribution in [0.2, 0.25) is 0 Å². The van der Waals surface area contributed by atoms with Gasteiger partial charge in [0.15, 0.2) is 0 Å². The minimum absolute atomic E-state index is 0.182. The number of rotatable bonds is 3. The van der Waals surface area contributed by atoms with Crippen molar-refractivity contribution in [2.75, 3.05) is 17.7 Å². The van der Waals surface area contributed by atoms with Crippen LogP contribution in [0.4, 0.5) is 11.5 Å². The highest BCUT2D eigenvalue weighted by molar-refractivity contribution is 9.10. The van der Waals surface area contributed by atoms with E-state index in [-0.39, 0.29) is 5.91 Å². The molecule has 6 heteroatoms. The lowest BCUT2D eigenvalue weighted by Gasteiger charge is -2.08. The zero-order chi connectivity index (χ0) is 14.8. The third-order valence-corrected chi connectivity index (χ3v) is 3.53. The van der Waals surface area contributed by atoms with E-state index in [0.717, 1.165) is 15.7 Å². The van der Waals surface area contributed by atoms with Crippen LogP contribution >= 0.6 is 15.9 Å². The van der Waals surface area contributed by atoms with Crippen LogP contribution in [-0.4, -0.2) is 18.0 Å². The quantitative estimate of drug-likeness (QED) is 0.838. The van der Waals surface area contributed by atoms with Gasteiger partial charge in [0.25, 0.3) is 5.91 Å². The van der Waals surface area contributed by atoms with Crippen molar-refractivity contribution in [1.29, 1.82) is 0 Å². The fraction of sp³-hybridized carbons (Fsp3) is 0.0667. The van der Waals surface area contributed by atoms with Gasteiger partial charge in [0.1, 0.15) is 11.6 Å². The van der Waals surface area contributed by atoms with Gasteiger partial charge in [0.05, 0.1) is 18.4 Å². The van der Waals surface area contributed by atoms with E-state index in [1.165, 1.54) is 0 Å². The number of halogens is 1. The zero-order valence-corrected chi connectivity index (χ0v) is 12.8. The number of benzene rings is 1. The largest absolute Gasteiger partial charge is 0.495 e. The lowest BCUT2D eigenvalue weighted by atomic mass is 10.1. The van der Waals surface area contributed by atoms with Crippen molar-refractivity contribution >= 4 is 38.9 Å². The zero-order valence-electron chi connectivity index (χ0n) is 11.2. The van der Waals surface area contributed by atoms with Gasteiger partial charge in [-0.2, -0.15) is 0 Å². The predicted octanol–water partition coefficient (Wildman–Crippen LogP) is 3.26. The number of fused-ring (bicyclic) bond motifs is 1. The number of nitrogens with one attached hydrogen (secondary N) is 2. The van der Waals surface area contributed by atoms with E-state index in [4.69, 9.17) is 4.74 Å². The second-order valence-corrected chi connectivity index (χ2v) is 5.32. The van der Waals surface area contributed by atoms with Crippen molar-refractivity contribution in [3.05, 3.63) is 52.8 Å². The maximum atomic E-state index is 12.0. The number of methoxy groups -OCH3 is 1. The third-order valence-electron chi connectivity index (χ3n) is 3.10. The Balaban J connectivity index is 1.94. The summed E-state index contributed by atoms with van der Waals surface area (Å²) in [5, 5.41) is 5.84. The molecule has 0 aliphatic carbocycles. The molecule has 0 atom stereocenters. The maximum Gasteiger partial charge on any atom is 0.259 e. The van der Waals surface area contributed by atoms with Crippen molar-refractivity contribution in [2.24, 2.45) is 0 Å². The summed E-state index contributed by atoms with van der Waals surface area (Å²) in [6.45, 7) is 0. The molecule has 1 aliphatic heterocycles. The summed E-state index contributed by atoms with van der Waals surface area (Å²) in [7, 11) is 1.60. The average molecular weight is 346 g/mol. The Morgan fingerprint density at radius 2 is 2.19 bits per heavy atom. The molecule has 2 heterocycles. The minimum atomic E-state index is -0.182. The molecule has 106 valence electrons. The van der Waals surface area contributed by atoms with Crippen LogP contribution < -0.4 is 15.4 Å². The van der Waals surface area contributed by atoms with Crippen molar-refractivity contribution in [3.8, 4) is 5.75 Å². The number of carbonyl (C=O) groups excluding carboxylic acids is 1. The Labute approximate surface area is 130 Å². The number of hydrogen-bond acceptors (Lipinski definition) is 4. The predicted molar refractivity (Wildman–Crippen MR) is 85.2 cm³/mol. The monoisotopic (exact) mass is 345 g/mol. The fourth-order valence-electron chi connectivity index (χ4n) is 2.10. The van der Waals surface area contributed by atoms with Gasteiger partial charge >= 0.3 is 0 Å². The van der Waals surface area contributed by atoms with Gasteiger partial charge < -0.3 is 15.4 Å². The summed E-state index contributed by atoms with van der Waals surface area (Å²) in [5.74, 6) is 1.09. The van der Waals surface area contributed by atoms with Crippen molar-refractivity contribution in [1.82, 2.24) is 4.98 Å². The van der Waals surface area contributed by atoms with Crippen LogP contribution in [0.5, 0.6) is 5.75 Å². The highest BCUT2D eigenvalue weighted by Gasteiger charge is 2.25. The van der Waals surface area contributed by atoms with Crippen molar-refractivity contribution < 1.29 is 9.53 Å². The van der Waals surface area contributed by atoms with Gasteiger partial charge in [-0.25, -0.2) is 4.98 Å². The van der Waals surface area contributed by atoms with Crippen LogP contribution in [0, 0.1) is 0 Å². The Hall–Kier alpha value is -2.34. The first-order chi connectivity index (χ1) is 10.2. The molecule has 2 aromatic rings. The number of nitrogens with zero attached hydrogens (tertiary/aromatic N) is 1. The van der Waals surface area contributed by atoms with Gasteiger partial charge in [-0.3, -0.25) is 4.79 Å².